The Morgan fingerprint density at radius 1 is 0.742 bits per heavy atom. The second-order valence-electron chi connectivity index (χ2n) is 8.31. The highest BCUT2D eigenvalue weighted by Gasteiger charge is 2.38. The Morgan fingerprint density at radius 2 is 1.58 bits per heavy atom. The van der Waals surface area contributed by atoms with Crippen LogP contribution in [0.4, 0.5) is 11.4 Å². The minimum Gasteiger partial charge on any atom is -0.454 e. The van der Waals surface area contributed by atoms with Gasteiger partial charge in [0.1, 0.15) is 5.58 Å². The monoisotopic (exact) mass is 419 g/mol. The SMILES string of the molecule is Clc1ccc2c(c1)oc1c(N3c4cc5ccccc5cc4C4C=CC=CC43)cccc12. The van der Waals surface area contributed by atoms with E-state index in [0.29, 0.717) is 10.9 Å². The molecule has 148 valence electrons. The number of hydrogen-bond donors (Lipinski definition) is 0. The first-order valence-corrected chi connectivity index (χ1v) is 10.9. The molecule has 2 atom stereocenters. The second-order valence-corrected chi connectivity index (χ2v) is 8.75. The lowest BCUT2D eigenvalue weighted by molar-refractivity contribution is 0.663. The van der Waals surface area contributed by atoms with E-state index in [-0.39, 0.29) is 6.04 Å². The molecule has 1 aromatic heterocycles. The van der Waals surface area contributed by atoms with Crippen molar-refractivity contribution in [3.05, 3.63) is 108 Å². The highest BCUT2D eigenvalue weighted by atomic mass is 35.5. The van der Waals surface area contributed by atoms with Crippen LogP contribution in [0.25, 0.3) is 32.7 Å². The zero-order valence-electron chi connectivity index (χ0n) is 16.6. The number of para-hydroxylation sites is 1. The lowest BCUT2D eigenvalue weighted by Crippen LogP contribution is -2.28. The minimum atomic E-state index is 0.221. The molecule has 3 heteroatoms. The van der Waals surface area contributed by atoms with Gasteiger partial charge in [0, 0.05) is 33.5 Å². The highest BCUT2D eigenvalue weighted by Crippen LogP contribution is 2.51. The van der Waals surface area contributed by atoms with Crippen molar-refractivity contribution < 1.29 is 4.42 Å². The minimum absolute atomic E-state index is 0.221. The van der Waals surface area contributed by atoms with E-state index in [9.17, 15) is 0 Å². The van der Waals surface area contributed by atoms with Crippen molar-refractivity contribution in [3.8, 4) is 0 Å². The summed E-state index contributed by atoms with van der Waals surface area (Å²) in [6, 6.07) is 25.8. The zero-order valence-corrected chi connectivity index (χ0v) is 17.4. The van der Waals surface area contributed by atoms with E-state index in [2.05, 4.69) is 83.8 Å². The van der Waals surface area contributed by atoms with E-state index in [4.69, 9.17) is 16.0 Å². The molecule has 2 nitrogen and oxygen atoms in total. The topological polar surface area (TPSA) is 16.4 Å². The van der Waals surface area contributed by atoms with Gasteiger partial charge in [-0.05, 0) is 46.7 Å². The predicted molar refractivity (Wildman–Crippen MR) is 130 cm³/mol. The standard InChI is InChI=1S/C28H18ClNO/c29-19-12-13-21-22-9-5-11-25(28(22)31-27(21)16-19)30-24-10-4-3-8-20(24)23-14-17-6-1-2-7-18(17)15-26(23)30/h1-16,20,24H. The van der Waals surface area contributed by atoms with Crippen molar-refractivity contribution in [2.45, 2.75) is 12.0 Å². The van der Waals surface area contributed by atoms with Crippen molar-refractivity contribution in [1.29, 1.82) is 0 Å². The van der Waals surface area contributed by atoms with Crippen molar-refractivity contribution in [2.75, 3.05) is 4.90 Å². The predicted octanol–water partition coefficient (Wildman–Crippen LogP) is 8.12. The molecule has 2 aliphatic rings. The molecule has 1 aliphatic heterocycles. The first-order valence-electron chi connectivity index (χ1n) is 10.6. The third kappa shape index (κ3) is 2.40. The van der Waals surface area contributed by atoms with Crippen LogP contribution in [0.15, 0.2) is 102 Å². The molecule has 5 aromatic rings. The Labute approximate surface area is 184 Å². The summed E-state index contributed by atoms with van der Waals surface area (Å²) in [5.41, 5.74) is 5.43. The number of halogens is 1. The molecule has 1 aliphatic carbocycles. The quantitative estimate of drug-likeness (QED) is 0.272. The van der Waals surface area contributed by atoms with E-state index in [1.807, 2.05) is 18.2 Å². The Kier molecular flexibility index (Phi) is 3.47. The summed E-state index contributed by atoms with van der Waals surface area (Å²) in [7, 11) is 0. The third-order valence-corrected chi connectivity index (χ3v) is 6.85. The van der Waals surface area contributed by atoms with Gasteiger partial charge in [-0.2, -0.15) is 0 Å². The van der Waals surface area contributed by atoms with Gasteiger partial charge in [-0.15, -0.1) is 0 Å². The van der Waals surface area contributed by atoms with Crippen LogP contribution in [-0.2, 0) is 0 Å². The fraction of sp³-hybridized carbons (Fsp3) is 0.0714. The highest BCUT2D eigenvalue weighted by molar-refractivity contribution is 6.31. The molecule has 0 N–H and O–H groups in total. The summed E-state index contributed by atoms with van der Waals surface area (Å²) in [5, 5.41) is 5.43. The van der Waals surface area contributed by atoms with Gasteiger partial charge < -0.3 is 9.32 Å². The molecule has 0 bridgehead atoms. The van der Waals surface area contributed by atoms with Crippen LogP contribution in [0.1, 0.15) is 11.5 Å². The largest absolute Gasteiger partial charge is 0.454 e. The molecule has 4 aromatic carbocycles. The van der Waals surface area contributed by atoms with Crippen LogP contribution < -0.4 is 4.90 Å². The van der Waals surface area contributed by atoms with E-state index >= 15 is 0 Å². The van der Waals surface area contributed by atoms with Gasteiger partial charge in [0.15, 0.2) is 5.58 Å². The van der Waals surface area contributed by atoms with Crippen LogP contribution in [0, 0.1) is 0 Å². The molecule has 0 radical (unpaired) electrons. The number of fused-ring (bicyclic) bond motifs is 7. The molecule has 0 saturated carbocycles. The average Bonchev–Trinajstić information content (AvgIpc) is 3.32. The van der Waals surface area contributed by atoms with E-state index < -0.39 is 0 Å². The van der Waals surface area contributed by atoms with E-state index in [1.54, 1.807) is 0 Å². The molecule has 0 spiro atoms. The summed E-state index contributed by atoms with van der Waals surface area (Å²) < 4.78 is 6.39. The average molecular weight is 420 g/mol. The Balaban J connectivity index is 1.53. The Hall–Kier alpha value is -3.49. The van der Waals surface area contributed by atoms with Crippen molar-refractivity contribution >= 4 is 55.7 Å². The molecule has 2 unspecified atom stereocenters. The number of furan rings is 1. The molecule has 0 amide bonds. The molecule has 31 heavy (non-hydrogen) atoms. The van der Waals surface area contributed by atoms with Gasteiger partial charge in [0.25, 0.3) is 0 Å². The number of allylic oxidation sites excluding steroid dienone is 2. The molecular weight excluding hydrogens is 402 g/mol. The number of anilines is 2. The van der Waals surface area contributed by atoms with Crippen LogP contribution in [-0.4, -0.2) is 6.04 Å². The lowest BCUT2D eigenvalue weighted by atomic mass is 9.90. The molecule has 0 fully saturated rings. The van der Waals surface area contributed by atoms with Crippen LogP contribution in [0.3, 0.4) is 0 Å². The van der Waals surface area contributed by atoms with Crippen LogP contribution >= 0.6 is 11.6 Å². The number of hydrogen-bond acceptors (Lipinski definition) is 2. The maximum absolute atomic E-state index is 6.39. The summed E-state index contributed by atoms with van der Waals surface area (Å²) >= 11 is 6.24. The maximum Gasteiger partial charge on any atom is 0.159 e. The number of benzene rings is 4. The smallest absolute Gasteiger partial charge is 0.159 e. The second kappa shape index (κ2) is 6.26. The zero-order chi connectivity index (χ0) is 20.5. The lowest BCUT2D eigenvalue weighted by Gasteiger charge is -2.28. The van der Waals surface area contributed by atoms with Crippen molar-refractivity contribution in [2.24, 2.45) is 0 Å². The number of rotatable bonds is 1. The fourth-order valence-electron chi connectivity index (χ4n) is 5.25. The van der Waals surface area contributed by atoms with Gasteiger partial charge in [-0.25, -0.2) is 0 Å². The summed E-state index contributed by atoms with van der Waals surface area (Å²) in [4.78, 5) is 2.44. The Bertz CT molecular complexity index is 1570. The van der Waals surface area contributed by atoms with Gasteiger partial charge in [0.2, 0.25) is 0 Å². The van der Waals surface area contributed by atoms with Gasteiger partial charge in [-0.1, -0.05) is 72.3 Å². The van der Waals surface area contributed by atoms with E-state index in [1.165, 1.54) is 22.0 Å². The van der Waals surface area contributed by atoms with Gasteiger partial charge in [-0.3, -0.25) is 0 Å². The fourth-order valence-corrected chi connectivity index (χ4v) is 5.41. The molecular formula is C28H18ClNO. The van der Waals surface area contributed by atoms with Crippen LogP contribution in [0.2, 0.25) is 5.02 Å². The maximum atomic E-state index is 6.39. The first kappa shape index (κ1) is 17.2. The first-order chi connectivity index (χ1) is 15.3. The van der Waals surface area contributed by atoms with Gasteiger partial charge >= 0.3 is 0 Å². The molecule has 7 rings (SSSR count). The summed E-state index contributed by atoms with van der Waals surface area (Å²) in [6.07, 6.45) is 8.93. The number of nitrogens with zero attached hydrogens (tertiary/aromatic N) is 1. The van der Waals surface area contributed by atoms with Crippen molar-refractivity contribution in [1.82, 2.24) is 0 Å². The normalized spacial score (nSPS) is 19.5. The van der Waals surface area contributed by atoms with Gasteiger partial charge in [0.05, 0.1) is 11.7 Å². The molecule has 2 heterocycles. The van der Waals surface area contributed by atoms with Crippen LogP contribution in [0.5, 0.6) is 0 Å². The molecule has 0 saturated heterocycles. The van der Waals surface area contributed by atoms with E-state index in [0.717, 1.165) is 27.6 Å². The summed E-state index contributed by atoms with van der Waals surface area (Å²) in [5.74, 6) is 0.318. The third-order valence-electron chi connectivity index (χ3n) is 6.62. The van der Waals surface area contributed by atoms with Crippen molar-refractivity contribution in [3.63, 3.8) is 0 Å². The summed E-state index contributed by atoms with van der Waals surface area (Å²) in [6.45, 7) is 0. The Morgan fingerprint density at radius 3 is 2.48 bits per heavy atom.